The molecule has 0 aromatic carbocycles. The van der Waals surface area contributed by atoms with E-state index < -0.39 is 0 Å². The zero-order chi connectivity index (χ0) is 15.7. The number of nitriles is 1. The van der Waals surface area contributed by atoms with E-state index in [1.165, 1.54) is 11.3 Å². The molecular weight excluding hydrogens is 316 g/mol. The minimum Gasteiger partial charge on any atom is -0.389 e. The first-order valence-corrected chi connectivity index (χ1v) is 9.49. The van der Waals surface area contributed by atoms with E-state index in [0.717, 1.165) is 41.5 Å². The predicted molar refractivity (Wildman–Crippen MR) is 90.9 cm³/mol. The zero-order valence-corrected chi connectivity index (χ0v) is 14.3. The molecule has 1 aromatic heterocycles. The van der Waals surface area contributed by atoms with Crippen molar-refractivity contribution in [3.05, 3.63) is 16.0 Å². The number of carbonyl (C=O) groups is 1. The third-order valence-corrected chi connectivity index (χ3v) is 6.45. The van der Waals surface area contributed by atoms with Gasteiger partial charge in [-0.15, -0.1) is 11.3 Å². The lowest BCUT2D eigenvalue weighted by Gasteiger charge is -2.36. The Balaban J connectivity index is 1.71. The van der Waals surface area contributed by atoms with Crippen LogP contribution in [0.3, 0.4) is 0 Å². The number of nitrogen functional groups attached to an aromatic ring is 1. The lowest BCUT2D eigenvalue weighted by Crippen LogP contribution is -2.50. The molecule has 0 aliphatic carbocycles. The van der Waals surface area contributed by atoms with Crippen LogP contribution in [0.2, 0.25) is 0 Å². The van der Waals surface area contributed by atoms with E-state index in [1.54, 1.807) is 0 Å². The monoisotopic (exact) mass is 336 g/mol. The number of thioether (sulfide) groups is 1. The molecule has 3 heterocycles. The van der Waals surface area contributed by atoms with Crippen molar-refractivity contribution in [2.45, 2.75) is 25.9 Å². The smallest absolute Gasteiger partial charge is 0.239 e. The van der Waals surface area contributed by atoms with Crippen molar-refractivity contribution in [3.8, 4) is 6.07 Å². The number of hydrogen-bond donors (Lipinski definition) is 1. The summed E-state index contributed by atoms with van der Waals surface area (Å²) in [5.74, 6) is 2.41. The first-order chi connectivity index (χ1) is 10.6. The summed E-state index contributed by atoms with van der Waals surface area (Å²) in [6, 6.07) is 2.13. The Morgan fingerprint density at radius 2 is 2.09 bits per heavy atom. The van der Waals surface area contributed by atoms with E-state index in [0.29, 0.717) is 23.7 Å². The van der Waals surface area contributed by atoms with Crippen molar-refractivity contribution < 1.29 is 4.79 Å². The lowest BCUT2D eigenvalue weighted by atomic mass is 10.0. The van der Waals surface area contributed by atoms with Crippen molar-refractivity contribution in [1.82, 2.24) is 9.80 Å². The van der Waals surface area contributed by atoms with Crippen LogP contribution in [0.5, 0.6) is 0 Å². The molecule has 0 spiro atoms. The fraction of sp³-hybridized carbons (Fsp3) is 0.600. The van der Waals surface area contributed by atoms with Crippen LogP contribution in [0.4, 0.5) is 5.00 Å². The van der Waals surface area contributed by atoms with Gasteiger partial charge in [0.1, 0.15) is 11.1 Å². The summed E-state index contributed by atoms with van der Waals surface area (Å²) < 4.78 is 0. The molecule has 1 aromatic rings. The predicted octanol–water partition coefficient (Wildman–Crippen LogP) is 1.52. The molecule has 1 saturated heterocycles. The summed E-state index contributed by atoms with van der Waals surface area (Å²) in [5, 5.41) is 9.77. The Morgan fingerprint density at radius 1 is 1.36 bits per heavy atom. The second-order valence-electron chi connectivity index (χ2n) is 5.69. The summed E-state index contributed by atoms with van der Waals surface area (Å²) in [6.07, 6.45) is 0.736. The van der Waals surface area contributed by atoms with Gasteiger partial charge in [-0.1, -0.05) is 0 Å². The van der Waals surface area contributed by atoms with Gasteiger partial charge in [0.15, 0.2) is 0 Å². The maximum absolute atomic E-state index is 12.8. The van der Waals surface area contributed by atoms with E-state index >= 15 is 0 Å². The molecule has 0 radical (unpaired) electrons. The Bertz CT molecular complexity index is 616. The number of rotatable bonds is 2. The van der Waals surface area contributed by atoms with Gasteiger partial charge in [0.05, 0.1) is 18.2 Å². The third kappa shape index (κ3) is 2.83. The molecule has 0 saturated carbocycles. The standard InChI is InChI=1S/C15H20N4OS2/c1-10(18-4-6-21-7-5-18)15(20)19-3-2-11-12(8-16)14(17)22-13(11)9-19/h10H,2-7,9,17H2,1H3. The number of thiophene rings is 1. The molecule has 2 aliphatic heterocycles. The summed E-state index contributed by atoms with van der Waals surface area (Å²) in [6.45, 7) is 5.26. The van der Waals surface area contributed by atoms with E-state index in [1.807, 2.05) is 23.6 Å². The van der Waals surface area contributed by atoms with Crippen LogP contribution >= 0.6 is 23.1 Å². The average Bonchev–Trinajstić information content (AvgIpc) is 2.88. The van der Waals surface area contributed by atoms with Gasteiger partial charge in [-0.2, -0.15) is 17.0 Å². The minimum absolute atomic E-state index is 0.0600. The molecule has 1 amide bonds. The fourth-order valence-electron chi connectivity index (χ4n) is 3.12. The first-order valence-electron chi connectivity index (χ1n) is 7.52. The fourth-order valence-corrected chi connectivity index (χ4v) is 5.14. The molecule has 118 valence electrons. The molecular formula is C15H20N4OS2. The van der Waals surface area contributed by atoms with Crippen LogP contribution in [0.25, 0.3) is 0 Å². The summed E-state index contributed by atoms with van der Waals surface area (Å²) in [5.41, 5.74) is 7.58. The zero-order valence-electron chi connectivity index (χ0n) is 12.7. The minimum atomic E-state index is -0.0600. The van der Waals surface area contributed by atoms with E-state index in [-0.39, 0.29) is 11.9 Å². The average molecular weight is 336 g/mol. The number of nitrogens with zero attached hydrogens (tertiary/aromatic N) is 3. The number of fused-ring (bicyclic) bond motifs is 1. The first kappa shape index (κ1) is 15.7. The normalized spacial score (nSPS) is 20.3. The second kappa shape index (κ2) is 6.49. The van der Waals surface area contributed by atoms with Crippen LogP contribution < -0.4 is 5.73 Å². The molecule has 2 aliphatic rings. The Labute approximate surface area is 139 Å². The summed E-state index contributed by atoms with van der Waals surface area (Å²) >= 11 is 3.41. The van der Waals surface area contributed by atoms with Crippen LogP contribution in [-0.4, -0.2) is 52.9 Å². The van der Waals surface area contributed by atoms with Gasteiger partial charge in [0.2, 0.25) is 5.91 Å². The number of amides is 1. The van der Waals surface area contributed by atoms with Gasteiger partial charge in [-0.05, 0) is 18.9 Å². The van der Waals surface area contributed by atoms with Crippen LogP contribution in [0, 0.1) is 11.3 Å². The molecule has 1 unspecified atom stereocenters. The largest absolute Gasteiger partial charge is 0.389 e. The quantitative estimate of drug-likeness (QED) is 0.886. The van der Waals surface area contributed by atoms with Gasteiger partial charge >= 0.3 is 0 Å². The van der Waals surface area contributed by atoms with Gasteiger partial charge < -0.3 is 10.6 Å². The van der Waals surface area contributed by atoms with Crippen LogP contribution in [0.1, 0.15) is 22.9 Å². The number of nitrogens with two attached hydrogens (primary N) is 1. The number of anilines is 1. The molecule has 1 fully saturated rings. The second-order valence-corrected chi connectivity index (χ2v) is 8.05. The highest BCUT2D eigenvalue weighted by molar-refractivity contribution is 7.99. The van der Waals surface area contributed by atoms with Crippen molar-refractivity contribution in [3.63, 3.8) is 0 Å². The van der Waals surface area contributed by atoms with Gasteiger partial charge in [0.25, 0.3) is 0 Å². The Hall–Kier alpha value is -1.23. The van der Waals surface area contributed by atoms with Crippen molar-refractivity contribution in [2.24, 2.45) is 0 Å². The Morgan fingerprint density at radius 3 is 2.77 bits per heavy atom. The third-order valence-electron chi connectivity index (χ3n) is 4.46. The molecule has 3 rings (SSSR count). The van der Waals surface area contributed by atoms with E-state index in [4.69, 9.17) is 5.73 Å². The number of hydrogen-bond acceptors (Lipinski definition) is 6. The van der Waals surface area contributed by atoms with E-state index in [2.05, 4.69) is 11.0 Å². The maximum atomic E-state index is 12.8. The highest BCUT2D eigenvalue weighted by Crippen LogP contribution is 2.34. The van der Waals surface area contributed by atoms with Crippen molar-refractivity contribution in [2.75, 3.05) is 36.9 Å². The summed E-state index contributed by atoms with van der Waals surface area (Å²) in [4.78, 5) is 18.0. The summed E-state index contributed by atoms with van der Waals surface area (Å²) in [7, 11) is 0. The van der Waals surface area contributed by atoms with Crippen molar-refractivity contribution >= 4 is 34.0 Å². The topological polar surface area (TPSA) is 73.4 Å². The van der Waals surface area contributed by atoms with E-state index in [9.17, 15) is 10.1 Å². The van der Waals surface area contributed by atoms with Gasteiger partial charge in [-0.25, -0.2) is 0 Å². The van der Waals surface area contributed by atoms with Crippen LogP contribution in [0.15, 0.2) is 0 Å². The molecule has 0 bridgehead atoms. The van der Waals surface area contributed by atoms with Gasteiger partial charge in [0, 0.05) is 36.0 Å². The lowest BCUT2D eigenvalue weighted by molar-refractivity contribution is -0.137. The molecule has 22 heavy (non-hydrogen) atoms. The maximum Gasteiger partial charge on any atom is 0.239 e. The SMILES string of the molecule is CC(C(=O)N1CCc2c(sc(N)c2C#N)C1)N1CCSCC1. The molecule has 7 heteroatoms. The number of carbonyl (C=O) groups excluding carboxylic acids is 1. The highest BCUT2D eigenvalue weighted by atomic mass is 32.2. The van der Waals surface area contributed by atoms with Gasteiger partial charge in [-0.3, -0.25) is 9.69 Å². The highest BCUT2D eigenvalue weighted by Gasteiger charge is 2.31. The van der Waals surface area contributed by atoms with Crippen molar-refractivity contribution in [1.29, 1.82) is 5.26 Å². The van der Waals surface area contributed by atoms with Crippen LogP contribution in [-0.2, 0) is 17.8 Å². The Kier molecular flexibility index (Phi) is 4.62. The molecule has 1 atom stereocenters. The molecule has 2 N–H and O–H groups in total. The molecule has 5 nitrogen and oxygen atoms in total.